The average Bonchev–Trinajstić information content (AvgIpc) is 3.01. The monoisotopic (exact) mass is 245 g/mol. The van der Waals surface area contributed by atoms with Crippen molar-refractivity contribution in [2.45, 2.75) is 25.9 Å². The second-order valence-electron chi connectivity index (χ2n) is 4.48. The molecule has 1 atom stereocenters. The van der Waals surface area contributed by atoms with E-state index in [1.165, 1.54) is 0 Å². The minimum atomic E-state index is -0.0242. The van der Waals surface area contributed by atoms with Crippen LogP contribution in [0.2, 0.25) is 0 Å². The molecule has 1 aliphatic heterocycles. The molecule has 1 aliphatic rings. The highest BCUT2D eigenvalue weighted by atomic mass is 16.5. The van der Waals surface area contributed by atoms with Crippen molar-refractivity contribution in [3.63, 3.8) is 0 Å². The summed E-state index contributed by atoms with van der Waals surface area (Å²) in [4.78, 5) is 4.41. The van der Waals surface area contributed by atoms with Crippen molar-refractivity contribution in [3.05, 3.63) is 29.6 Å². The Morgan fingerprint density at radius 3 is 3.06 bits per heavy atom. The molecule has 18 heavy (non-hydrogen) atoms. The van der Waals surface area contributed by atoms with Crippen LogP contribution in [-0.4, -0.2) is 16.7 Å². The molecule has 0 spiro atoms. The van der Waals surface area contributed by atoms with Gasteiger partial charge in [-0.2, -0.15) is 4.98 Å². The lowest BCUT2D eigenvalue weighted by Crippen LogP contribution is -1.98. The van der Waals surface area contributed by atoms with Gasteiger partial charge < -0.3 is 15.0 Å². The van der Waals surface area contributed by atoms with Crippen LogP contribution in [0.4, 0.5) is 5.69 Å². The highest BCUT2D eigenvalue weighted by molar-refractivity contribution is 5.66. The van der Waals surface area contributed by atoms with Gasteiger partial charge >= 0.3 is 0 Å². The Labute approximate surface area is 105 Å². The Hall–Kier alpha value is -1.88. The lowest BCUT2D eigenvalue weighted by Gasteiger charge is -2.03. The summed E-state index contributed by atoms with van der Waals surface area (Å²) in [5, 5.41) is 3.99. The predicted molar refractivity (Wildman–Crippen MR) is 66.8 cm³/mol. The molecule has 3 rings (SSSR count). The zero-order valence-corrected chi connectivity index (χ0v) is 10.2. The third-order valence-corrected chi connectivity index (χ3v) is 3.27. The zero-order chi connectivity index (χ0) is 12.5. The number of benzene rings is 1. The summed E-state index contributed by atoms with van der Waals surface area (Å²) >= 11 is 0. The molecule has 5 heteroatoms. The van der Waals surface area contributed by atoms with Crippen LogP contribution in [0.15, 0.2) is 22.7 Å². The molecule has 2 N–H and O–H groups in total. The molecule has 0 bridgehead atoms. The van der Waals surface area contributed by atoms with Gasteiger partial charge in [-0.05, 0) is 37.5 Å². The smallest absolute Gasteiger partial charge is 0.258 e. The van der Waals surface area contributed by atoms with Crippen molar-refractivity contribution in [2.24, 2.45) is 0 Å². The molecule has 0 saturated carbocycles. The number of anilines is 1. The Kier molecular flexibility index (Phi) is 2.76. The molecule has 5 nitrogen and oxygen atoms in total. The summed E-state index contributed by atoms with van der Waals surface area (Å²) < 4.78 is 10.8. The van der Waals surface area contributed by atoms with E-state index in [0.29, 0.717) is 11.7 Å². The Bertz CT molecular complexity index is 559. The van der Waals surface area contributed by atoms with Crippen LogP contribution in [0, 0.1) is 6.92 Å². The predicted octanol–water partition coefficient (Wildman–Crippen LogP) is 2.48. The quantitative estimate of drug-likeness (QED) is 0.823. The van der Waals surface area contributed by atoms with Crippen molar-refractivity contribution in [3.8, 4) is 11.5 Å². The van der Waals surface area contributed by atoms with Crippen molar-refractivity contribution in [2.75, 3.05) is 12.3 Å². The number of nitrogens with zero attached hydrogens (tertiary/aromatic N) is 2. The second kappa shape index (κ2) is 4.42. The first-order chi connectivity index (χ1) is 8.75. The Balaban J connectivity index is 1.95. The van der Waals surface area contributed by atoms with E-state index in [2.05, 4.69) is 10.1 Å². The zero-order valence-electron chi connectivity index (χ0n) is 10.2. The summed E-state index contributed by atoms with van der Waals surface area (Å²) in [6, 6.07) is 5.67. The SMILES string of the molecule is Cc1c(N)cccc1-c1nc(C2CCCO2)no1. The topological polar surface area (TPSA) is 74.2 Å². The lowest BCUT2D eigenvalue weighted by atomic mass is 10.1. The third kappa shape index (κ3) is 1.86. The fourth-order valence-corrected chi connectivity index (χ4v) is 2.14. The van der Waals surface area contributed by atoms with Gasteiger partial charge in [0.25, 0.3) is 5.89 Å². The molecule has 1 aromatic carbocycles. The standard InChI is InChI=1S/C13H15N3O2/c1-8-9(4-2-5-10(8)14)13-15-12(16-18-13)11-6-3-7-17-11/h2,4-5,11H,3,6-7,14H2,1H3. The van der Waals surface area contributed by atoms with Gasteiger partial charge in [0.2, 0.25) is 5.82 Å². The van der Waals surface area contributed by atoms with Crippen LogP contribution in [-0.2, 0) is 4.74 Å². The Morgan fingerprint density at radius 1 is 1.39 bits per heavy atom. The summed E-state index contributed by atoms with van der Waals surface area (Å²) in [7, 11) is 0. The maximum atomic E-state index is 5.87. The molecule has 1 fully saturated rings. The molecule has 1 unspecified atom stereocenters. The highest BCUT2D eigenvalue weighted by Crippen LogP contribution is 2.30. The normalized spacial score (nSPS) is 19.3. The van der Waals surface area contributed by atoms with Crippen LogP contribution in [0.5, 0.6) is 0 Å². The first kappa shape index (κ1) is 11.2. The number of nitrogen functional groups attached to an aromatic ring is 1. The molecule has 2 heterocycles. The first-order valence-electron chi connectivity index (χ1n) is 6.06. The molecule has 0 radical (unpaired) electrons. The van der Waals surface area contributed by atoms with Gasteiger partial charge in [-0.1, -0.05) is 11.2 Å². The van der Waals surface area contributed by atoms with Gasteiger partial charge in [0.15, 0.2) is 0 Å². The van der Waals surface area contributed by atoms with E-state index in [0.717, 1.165) is 36.3 Å². The summed E-state index contributed by atoms with van der Waals surface area (Å²) in [6.45, 7) is 2.71. The van der Waals surface area contributed by atoms with Crippen LogP contribution >= 0.6 is 0 Å². The van der Waals surface area contributed by atoms with Crippen LogP contribution < -0.4 is 5.73 Å². The van der Waals surface area contributed by atoms with Crippen molar-refractivity contribution in [1.82, 2.24) is 10.1 Å². The van der Waals surface area contributed by atoms with E-state index in [1.807, 2.05) is 25.1 Å². The minimum absolute atomic E-state index is 0.0242. The molecule has 0 amide bonds. The number of rotatable bonds is 2. The Morgan fingerprint density at radius 2 is 2.28 bits per heavy atom. The maximum absolute atomic E-state index is 5.87. The van der Waals surface area contributed by atoms with Gasteiger partial charge in [0.1, 0.15) is 6.10 Å². The van der Waals surface area contributed by atoms with E-state index >= 15 is 0 Å². The van der Waals surface area contributed by atoms with Crippen molar-refractivity contribution in [1.29, 1.82) is 0 Å². The van der Waals surface area contributed by atoms with Gasteiger partial charge in [-0.3, -0.25) is 0 Å². The lowest BCUT2D eigenvalue weighted by molar-refractivity contribution is 0.103. The van der Waals surface area contributed by atoms with E-state index in [4.69, 9.17) is 15.0 Å². The molecule has 2 aromatic rings. The van der Waals surface area contributed by atoms with Crippen molar-refractivity contribution < 1.29 is 9.26 Å². The number of hydrogen-bond acceptors (Lipinski definition) is 5. The first-order valence-corrected chi connectivity index (χ1v) is 6.06. The van der Waals surface area contributed by atoms with Gasteiger partial charge in [0, 0.05) is 17.9 Å². The number of hydrogen-bond donors (Lipinski definition) is 1. The molecule has 1 aromatic heterocycles. The molecule has 0 aliphatic carbocycles. The van der Waals surface area contributed by atoms with Gasteiger partial charge in [0.05, 0.1) is 0 Å². The molecular formula is C13H15N3O2. The van der Waals surface area contributed by atoms with E-state index in [1.54, 1.807) is 0 Å². The van der Waals surface area contributed by atoms with Crippen molar-refractivity contribution >= 4 is 5.69 Å². The van der Waals surface area contributed by atoms with E-state index in [-0.39, 0.29) is 6.10 Å². The number of ether oxygens (including phenoxy) is 1. The third-order valence-electron chi connectivity index (χ3n) is 3.27. The second-order valence-corrected chi connectivity index (χ2v) is 4.48. The fraction of sp³-hybridized carbons (Fsp3) is 0.385. The molecule has 1 saturated heterocycles. The maximum Gasteiger partial charge on any atom is 0.258 e. The number of nitrogens with two attached hydrogens (primary N) is 1. The number of aromatic nitrogens is 2. The summed E-state index contributed by atoms with van der Waals surface area (Å²) in [6.07, 6.45) is 1.98. The average molecular weight is 245 g/mol. The fourth-order valence-electron chi connectivity index (χ4n) is 2.14. The highest BCUT2D eigenvalue weighted by Gasteiger charge is 2.23. The van der Waals surface area contributed by atoms with Gasteiger partial charge in [-0.15, -0.1) is 0 Å². The van der Waals surface area contributed by atoms with E-state index < -0.39 is 0 Å². The van der Waals surface area contributed by atoms with Crippen LogP contribution in [0.3, 0.4) is 0 Å². The minimum Gasteiger partial charge on any atom is -0.398 e. The summed E-state index contributed by atoms with van der Waals surface area (Å²) in [5.74, 6) is 1.13. The van der Waals surface area contributed by atoms with Crippen LogP contribution in [0.1, 0.15) is 30.3 Å². The van der Waals surface area contributed by atoms with E-state index in [9.17, 15) is 0 Å². The molecular weight excluding hydrogens is 230 g/mol. The summed E-state index contributed by atoms with van der Waals surface area (Å²) in [5.41, 5.74) is 8.44. The van der Waals surface area contributed by atoms with Gasteiger partial charge in [-0.25, -0.2) is 0 Å². The molecule has 94 valence electrons. The van der Waals surface area contributed by atoms with Crippen LogP contribution in [0.25, 0.3) is 11.5 Å². The largest absolute Gasteiger partial charge is 0.398 e.